The van der Waals surface area contributed by atoms with Gasteiger partial charge in [-0.25, -0.2) is 4.39 Å². The van der Waals surface area contributed by atoms with Crippen LogP contribution in [-0.2, 0) is 4.79 Å². The van der Waals surface area contributed by atoms with E-state index in [0.29, 0.717) is 25.7 Å². The van der Waals surface area contributed by atoms with Crippen molar-refractivity contribution in [1.82, 2.24) is 0 Å². The van der Waals surface area contributed by atoms with E-state index in [1.54, 1.807) is 0 Å². The third-order valence-electron chi connectivity index (χ3n) is 3.20. The predicted octanol–water partition coefficient (Wildman–Crippen LogP) is 2.63. The maximum Gasteiger partial charge on any atom is 0.306 e. The molecule has 13 heavy (non-hydrogen) atoms. The molecule has 0 saturated heterocycles. The van der Waals surface area contributed by atoms with E-state index in [1.165, 1.54) is 0 Å². The minimum absolute atomic E-state index is 0.00208. The fourth-order valence-corrected chi connectivity index (χ4v) is 1.92. The molecule has 0 spiro atoms. The molecule has 0 aromatic heterocycles. The number of halogens is 1. The monoisotopic (exact) mass is 188 g/mol. The highest BCUT2D eigenvalue weighted by molar-refractivity contribution is 5.70. The molecule has 0 bridgehead atoms. The van der Waals surface area contributed by atoms with Crippen LogP contribution in [0.1, 0.15) is 39.5 Å². The molecule has 3 heteroatoms. The van der Waals surface area contributed by atoms with Crippen molar-refractivity contribution in [2.75, 3.05) is 0 Å². The third-order valence-corrected chi connectivity index (χ3v) is 3.20. The highest BCUT2D eigenvalue weighted by atomic mass is 19.1. The summed E-state index contributed by atoms with van der Waals surface area (Å²) < 4.78 is 13.9. The minimum Gasteiger partial charge on any atom is -0.481 e. The zero-order valence-corrected chi connectivity index (χ0v) is 8.22. The van der Waals surface area contributed by atoms with Crippen LogP contribution >= 0.6 is 0 Å². The molecule has 1 N–H and O–H groups in total. The molecule has 0 aromatic rings. The number of aliphatic carboxylic acids is 1. The Kier molecular flexibility index (Phi) is 2.94. The summed E-state index contributed by atoms with van der Waals surface area (Å²) in [5.74, 6) is -1.09. The van der Waals surface area contributed by atoms with Gasteiger partial charge in [0.2, 0.25) is 0 Å². The van der Waals surface area contributed by atoms with Gasteiger partial charge in [0.15, 0.2) is 0 Å². The summed E-state index contributed by atoms with van der Waals surface area (Å²) in [4.78, 5) is 10.6. The number of carboxylic acids is 1. The van der Waals surface area contributed by atoms with Gasteiger partial charge in [0.1, 0.15) is 5.67 Å². The fraction of sp³-hybridized carbons (Fsp3) is 0.900. The molecule has 1 fully saturated rings. The second-order valence-corrected chi connectivity index (χ2v) is 4.30. The van der Waals surface area contributed by atoms with Crippen LogP contribution in [-0.4, -0.2) is 16.7 Å². The molecule has 1 aliphatic carbocycles. The van der Waals surface area contributed by atoms with E-state index in [2.05, 4.69) is 0 Å². The van der Waals surface area contributed by atoms with E-state index in [0.717, 1.165) is 0 Å². The van der Waals surface area contributed by atoms with E-state index in [9.17, 15) is 9.18 Å². The van der Waals surface area contributed by atoms with Gasteiger partial charge in [-0.15, -0.1) is 0 Å². The first-order valence-electron chi connectivity index (χ1n) is 4.87. The van der Waals surface area contributed by atoms with Crippen molar-refractivity contribution >= 4 is 5.97 Å². The zero-order valence-electron chi connectivity index (χ0n) is 8.22. The molecular weight excluding hydrogens is 171 g/mol. The second kappa shape index (κ2) is 3.64. The van der Waals surface area contributed by atoms with Crippen LogP contribution in [0.2, 0.25) is 0 Å². The van der Waals surface area contributed by atoms with Gasteiger partial charge in [0.05, 0.1) is 5.92 Å². The van der Waals surface area contributed by atoms with E-state index >= 15 is 0 Å². The van der Waals surface area contributed by atoms with Crippen LogP contribution in [0.15, 0.2) is 0 Å². The lowest BCUT2D eigenvalue weighted by Gasteiger charge is -2.35. The fourth-order valence-electron chi connectivity index (χ4n) is 1.92. The minimum atomic E-state index is -1.12. The molecule has 0 amide bonds. The SMILES string of the molecule is CC(C)C1(F)CCC(C(=O)O)CC1. The van der Waals surface area contributed by atoms with Gasteiger partial charge in [-0.05, 0) is 31.6 Å². The first-order valence-corrected chi connectivity index (χ1v) is 4.87. The molecule has 0 atom stereocenters. The average Bonchev–Trinajstić information content (AvgIpc) is 2.04. The Morgan fingerprint density at radius 3 is 2.23 bits per heavy atom. The molecule has 2 nitrogen and oxygen atoms in total. The van der Waals surface area contributed by atoms with E-state index < -0.39 is 11.6 Å². The number of carboxylic acid groups (broad SMARTS) is 1. The highest BCUT2D eigenvalue weighted by Gasteiger charge is 2.39. The van der Waals surface area contributed by atoms with Crippen LogP contribution in [0, 0.1) is 11.8 Å². The number of hydrogen-bond donors (Lipinski definition) is 1. The summed E-state index contributed by atoms with van der Waals surface area (Å²) in [6, 6.07) is 0. The summed E-state index contributed by atoms with van der Waals surface area (Å²) in [6.45, 7) is 3.72. The van der Waals surface area contributed by atoms with Crippen LogP contribution in [0.3, 0.4) is 0 Å². The Morgan fingerprint density at radius 2 is 1.92 bits per heavy atom. The maximum absolute atomic E-state index is 13.9. The van der Waals surface area contributed by atoms with Gasteiger partial charge >= 0.3 is 5.97 Å². The third kappa shape index (κ3) is 2.20. The molecule has 0 radical (unpaired) electrons. The Balaban J connectivity index is 2.51. The van der Waals surface area contributed by atoms with Gasteiger partial charge < -0.3 is 5.11 Å². The zero-order chi connectivity index (χ0) is 10.1. The summed E-state index contributed by atoms with van der Waals surface area (Å²) in [5, 5.41) is 8.72. The largest absolute Gasteiger partial charge is 0.481 e. The van der Waals surface area contributed by atoms with Crippen molar-refractivity contribution in [2.45, 2.75) is 45.2 Å². The maximum atomic E-state index is 13.9. The van der Waals surface area contributed by atoms with Gasteiger partial charge in [0.25, 0.3) is 0 Å². The van der Waals surface area contributed by atoms with Gasteiger partial charge in [-0.2, -0.15) is 0 Å². The lowest BCUT2D eigenvalue weighted by Crippen LogP contribution is -2.36. The van der Waals surface area contributed by atoms with Crippen LogP contribution in [0.5, 0.6) is 0 Å². The van der Waals surface area contributed by atoms with Crippen molar-refractivity contribution in [3.63, 3.8) is 0 Å². The molecule has 0 aromatic carbocycles. The van der Waals surface area contributed by atoms with Crippen LogP contribution in [0.25, 0.3) is 0 Å². The Morgan fingerprint density at radius 1 is 1.46 bits per heavy atom. The Hall–Kier alpha value is -0.600. The second-order valence-electron chi connectivity index (χ2n) is 4.30. The molecular formula is C10H17FO2. The topological polar surface area (TPSA) is 37.3 Å². The molecule has 76 valence electrons. The average molecular weight is 188 g/mol. The van der Waals surface area contributed by atoms with Crippen molar-refractivity contribution in [3.05, 3.63) is 0 Å². The summed E-state index contributed by atoms with van der Waals surface area (Å²) >= 11 is 0. The molecule has 1 saturated carbocycles. The summed E-state index contributed by atoms with van der Waals surface area (Å²) in [6.07, 6.45) is 1.79. The van der Waals surface area contributed by atoms with Crippen molar-refractivity contribution in [2.24, 2.45) is 11.8 Å². The standard InChI is InChI=1S/C10H17FO2/c1-7(2)10(11)5-3-8(4-6-10)9(12)13/h7-8H,3-6H2,1-2H3,(H,12,13). The first-order chi connectivity index (χ1) is 5.96. The quantitative estimate of drug-likeness (QED) is 0.723. The molecule has 0 heterocycles. The van der Waals surface area contributed by atoms with Gasteiger partial charge in [-0.3, -0.25) is 4.79 Å². The number of hydrogen-bond acceptors (Lipinski definition) is 1. The highest BCUT2D eigenvalue weighted by Crippen LogP contribution is 2.40. The smallest absolute Gasteiger partial charge is 0.306 e. The van der Waals surface area contributed by atoms with Crippen molar-refractivity contribution < 1.29 is 14.3 Å². The van der Waals surface area contributed by atoms with Crippen LogP contribution < -0.4 is 0 Å². The van der Waals surface area contributed by atoms with E-state index in [-0.39, 0.29) is 11.8 Å². The van der Waals surface area contributed by atoms with Crippen LogP contribution in [0.4, 0.5) is 4.39 Å². The number of carbonyl (C=O) groups is 1. The summed E-state index contributed by atoms with van der Waals surface area (Å²) in [7, 11) is 0. The first kappa shape index (κ1) is 10.5. The normalized spacial score (nSPS) is 34.9. The van der Waals surface area contributed by atoms with Gasteiger partial charge in [0, 0.05) is 0 Å². The molecule has 1 aliphatic rings. The van der Waals surface area contributed by atoms with Crippen molar-refractivity contribution in [3.8, 4) is 0 Å². The number of alkyl halides is 1. The lowest BCUT2D eigenvalue weighted by molar-refractivity contribution is -0.144. The molecule has 1 rings (SSSR count). The Labute approximate surface area is 78.1 Å². The lowest BCUT2D eigenvalue weighted by atomic mass is 9.74. The van der Waals surface area contributed by atoms with E-state index in [4.69, 9.17) is 5.11 Å². The molecule has 0 unspecified atom stereocenters. The molecule has 0 aliphatic heterocycles. The van der Waals surface area contributed by atoms with Gasteiger partial charge in [-0.1, -0.05) is 13.8 Å². The van der Waals surface area contributed by atoms with Crippen molar-refractivity contribution in [1.29, 1.82) is 0 Å². The summed E-state index contributed by atoms with van der Waals surface area (Å²) in [5.41, 5.74) is -1.12. The van der Waals surface area contributed by atoms with E-state index in [1.807, 2.05) is 13.8 Å². The predicted molar refractivity (Wildman–Crippen MR) is 48.3 cm³/mol. The Bertz CT molecular complexity index is 193. The number of rotatable bonds is 2.